The molecule has 1 atom stereocenters. The minimum absolute atomic E-state index is 0.0343. The van der Waals surface area contributed by atoms with E-state index in [0.29, 0.717) is 22.8 Å². The number of anilines is 2. The quantitative estimate of drug-likeness (QED) is 0.660. The first kappa shape index (κ1) is 20.7. The highest BCUT2D eigenvalue weighted by Crippen LogP contribution is 2.30. The molecule has 2 N–H and O–H groups in total. The first-order valence-corrected chi connectivity index (χ1v) is 9.34. The molecule has 3 rings (SSSR count). The molecule has 0 bridgehead atoms. The molecule has 0 saturated heterocycles. The van der Waals surface area contributed by atoms with Gasteiger partial charge in [-0.25, -0.2) is 9.97 Å². The van der Waals surface area contributed by atoms with Crippen LogP contribution in [0.1, 0.15) is 25.5 Å². The summed E-state index contributed by atoms with van der Waals surface area (Å²) in [4.78, 5) is 38.1. The van der Waals surface area contributed by atoms with Crippen LogP contribution in [0.2, 0.25) is 0 Å². The Hall–Kier alpha value is -4.05. The molecule has 0 spiro atoms. The number of nitrogens with one attached hydrogen (secondary N) is 2. The summed E-state index contributed by atoms with van der Waals surface area (Å²) < 4.78 is 0. The van der Waals surface area contributed by atoms with Gasteiger partial charge in [-0.2, -0.15) is 10.5 Å². The molecule has 30 heavy (non-hydrogen) atoms. The van der Waals surface area contributed by atoms with E-state index in [1.165, 1.54) is 30.5 Å². The first-order valence-electron chi connectivity index (χ1n) is 9.34. The molecular weight excluding hydrogens is 384 g/mol. The number of rotatable bonds is 7. The summed E-state index contributed by atoms with van der Waals surface area (Å²) in [6.45, 7) is 1.61. The van der Waals surface area contributed by atoms with E-state index in [2.05, 4.69) is 25.6 Å². The molecular formula is C20H20N8O2. The van der Waals surface area contributed by atoms with E-state index < -0.39 is 6.04 Å². The van der Waals surface area contributed by atoms with Crippen LogP contribution in [0.3, 0.4) is 0 Å². The van der Waals surface area contributed by atoms with Crippen molar-refractivity contribution in [2.24, 2.45) is 5.92 Å². The van der Waals surface area contributed by atoms with Crippen LogP contribution in [0.25, 0.3) is 11.3 Å². The number of nitriles is 2. The summed E-state index contributed by atoms with van der Waals surface area (Å²) in [5, 5.41) is 23.8. The van der Waals surface area contributed by atoms with Crippen LogP contribution in [0.5, 0.6) is 0 Å². The Labute approximate surface area is 173 Å². The minimum atomic E-state index is -0.668. The molecule has 10 heteroatoms. The zero-order valence-electron chi connectivity index (χ0n) is 16.6. The van der Waals surface area contributed by atoms with Gasteiger partial charge in [0.05, 0.1) is 29.8 Å². The molecule has 2 aromatic heterocycles. The predicted octanol–water partition coefficient (Wildman–Crippen LogP) is 1.54. The van der Waals surface area contributed by atoms with Crippen molar-refractivity contribution in [2.45, 2.75) is 25.8 Å². The summed E-state index contributed by atoms with van der Waals surface area (Å²) in [5.74, 6) is 0.0973. The smallest absolute Gasteiger partial charge is 0.245 e. The monoisotopic (exact) mass is 404 g/mol. The topological polar surface area (TPSA) is 148 Å². The lowest BCUT2D eigenvalue weighted by atomic mass is 10.1. The molecule has 152 valence electrons. The second kappa shape index (κ2) is 8.97. The van der Waals surface area contributed by atoms with Crippen molar-refractivity contribution in [3.8, 4) is 23.4 Å². The van der Waals surface area contributed by atoms with E-state index in [9.17, 15) is 14.9 Å². The Kier molecular flexibility index (Phi) is 6.18. The van der Waals surface area contributed by atoms with Gasteiger partial charge in [0, 0.05) is 24.7 Å². The zero-order chi connectivity index (χ0) is 21.7. The lowest BCUT2D eigenvalue weighted by molar-refractivity contribution is -0.129. The highest BCUT2D eigenvalue weighted by atomic mass is 16.2. The summed E-state index contributed by atoms with van der Waals surface area (Å²) in [6, 6.07) is 4.89. The van der Waals surface area contributed by atoms with E-state index in [4.69, 9.17) is 5.26 Å². The van der Waals surface area contributed by atoms with Crippen LogP contribution in [0.4, 0.5) is 11.5 Å². The number of hydrogen-bond acceptors (Lipinski definition) is 8. The fraction of sp³-hybridized carbons (Fsp3) is 0.350. The first-order chi connectivity index (χ1) is 14.4. The van der Waals surface area contributed by atoms with Gasteiger partial charge in [0.25, 0.3) is 0 Å². The molecule has 0 radical (unpaired) electrons. The highest BCUT2D eigenvalue weighted by Gasteiger charge is 2.29. The lowest BCUT2D eigenvalue weighted by Gasteiger charge is -2.21. The van der Waals surface area contributed by atoms with Crippen molar-refractivity contribution in [1.29, 1.82) is 10.5 Å². The van der Waals surface area contributed by atoms with Crippen molar-refractivity contribution >= 4 is 23.3 Å². The Bertz CT molecular complexity index is 1030. The maximum Gasteiger partial charge on any atom is 0.245 e. The number of likely N-dealkylation sites (N-methyl/N-ethyl adjacent to an activating group) is 1. The van der Waals surface area contributed by atoms with Gasteiger partial charge in [-0.1, -0.05) is 0 Å². The van der Waals surface area contributed by atoms with Crippen LogP contribution in [-0.2, 0) is 9.59 Å². The normalized spacial score (nSPS) is 13.5. The molecule has 0 aliphatic heterocycles. The van der Waals surface area contributed by atoms with Crippen LogP contribution < -0.4 is 10.6 Å². The standard InChI is InChI=1S/C20H20N8O2/c1-12(20(30)28(2)6-5-21)26-15-7-14(9-23-16(15)8-22)17-10-25-18(11-24-17)27-19(29)13-3-4-13/h7,9-13,26H,3-4,6H2,1-2H3,(H,25,27,29)/t12-/m0/s1. The number of hydrogen-bond donors (Lipinski definition) is 2. The molecule has 1 aliphatic carbocycles. The third kappa shape index (κ3) is 4.86. The van der Waals surface area contributed by atoms with Gasteiger partial charge in [0.1, 0.15) is 18.7 Å². The largest absolute Gasteiger partial charge is 0.372 e. The van der Waals surface area contributed by atoms with Gasteiger partial charge < -0.3 is 15.5 Å². The van der Waals surface area contributed by atoms with Crippen LogP contribution in [0, 0.1) is 28.6 Å². The van der Waals surface area contributed by atoms with Crippen LogP contribution in [-0.4, -0.2) is 51.3 Å². The molecule has 0 aromatic carbocycles. The third-order valence-corrected chi connectivity index (χ3v) is 4.57. The fourth-order valence-electron chi connectivity index (χ4n) is 2.73. The Balaban J connectivity index is 1.77. The average molecular weight is 404 g/mol. The van der Waals surface area contributed by atoms with E-state index in [-0.39, 0.29) is 30.0 Å². The number of carbonyl (C=O) groups is 2. The van der Waals surface area contributed by atoms with E-state index in [1.807, 2.05) is 12.1 Å². The van der Waals surface area contributed by atoms with E-state index in [0.717, 1.165) is 12.8 Å². The molecule has 0 unspecified atom stereocenters. The molecule has 2 aromatic rings. The number of carbonyl (C=O) groups excluding carboxylic acids is 2. The SMILES string of the molecule is C[C@H](Nc1cc(-c2cnc(NC(=O)C3CC3)cn2)cnc1C#N)C(=O)N(C)CC#N. The molecule has 2 heterocycles. The molecule has 2 amide bonds. The highest BCUT2D eigenvalue weighted by molar-refractivity contribution is 5.93. The van der Waals surface area contributed by atoms with Gasteiger partial charge >= 0.3 is 0 Å². The Morgan fingerprint density at radius 2 is 2.00 bits per heavy atom. The zero-order valence-corrected chi connectivity index (χ0v) is 16.6. The summed E-state index contributed by atoms with van der Waals surface area (Å²) in [5.41, 5.74) is 1.59. The number of aromatic nitrogens is 3. The molecule has 1 saturated carbocycles. The summed E-state index contributed by atoms with van der Waals surface area (Å²) in [6.07, 6.45) is 6.26. The van der Waals surface area contributed by atoms with Gasteiger partial charge in [-0.05, 0) is 25.8 Å². The van der Waals surface area contributed by atoms with Gasteiger partial charge in [-0.15, -0.1) is 0 Å². The van der Waals surface area contributed by atoms with Crippen molar-refractivity contribution in [1.82, 2.24) is 19.9 Å². The second-order valence-electron chi connectivity index (χ2n) is 7.00. The number of pyridine rings is 1. The van der Waals surface area contributed by atoms with E-state index in [1.54, 1.807) is 13.0 Å². The molecule has 1 fully saturated rings. The van der Waals surface area contributed by atoms with Gasteiger partial charge in [0.2, 0.25) is 11.8 Å². The lowest BCUT2D eigenvalue weighted by Crippen LogP contribution is -2.39. The van der Waals surface area contributed by atoms with Gasteiger partial charge in [-0.3, -0.25) is 14.6 Å². The predicted molar refractivity (Wildman–Crippen MR) is 108 cm³/mol. The van der Waals surface area contributed by atoms with Gasteiger partial charge in [0.15, 0.2) is 11.5 Å². The second-order valence-corrected chi connectivity index (χ2v) is 7.00. The van der Waals surface area contributed by atoms with Crippen molar-refractivity contribution in [3.63, 3.8) is 0 Å². The number of nitrogens with zero attached hydrogens (tertiary/aromatic N) is 6. The summed E-state index contributed by atoms with van der Waals surface area (Å²) >= 11 is 0. The maximum atomic E-state index is 12.3. The number of amides is 2. The summed E-state index contributed by atoms with van der Waals surface area (Å²) in [7, 11) is 1.53. The minimum Gasteiger partial charge on any atom is -0.372 e. The Morgan fingerprint density at radius 1 is 1.23 bits per heavy atom. The van der Waals surface area contributed by atoms with Crippen molar-refractivity contribution in [3.05, 3.63) is 30.4 Å². The average Bonchev–Trinajstić information content (AvgIpc) is 3.59. The van der Waals surface area contributed by atoms with Crippen molar-refractivity contribution in [2.75, 3.05) is 24.2 Å². The van der Waals surface area contributed by atoms with Crippen LogP contribution >= 0.6 is 0 Å². The van der Waals surface area contributed by atoms with Crippen LogP contribution in [0.15, 0.2) is 24.7 Å². The third-order valence-electron chi connectivity index (χ3n) is 4.57. The molecule has 1 aliphatic rings. The maximum absolute atomic E-state index is 12.3. The fourth-order valence-corrected chi connectivity index (χ4v) is 2.73. The van der Waals surface area contributed by atoms with Crippen molar-refractivity contribution < 1.29 is 9.59 Å². The van der Waals surface area contributed by atoms with E-state index >= 15 is 0 Å². The Morgan fingerprint density at radius 3 is 2.60 bits per heavy atom. The molecule has 10 nitrogen and oxygen atoms in total.